The van der Waals surface area contributed by atoms with Crippen LogP contribution in [0.2, 0.25) is 0 Å². The Balaban J connectivity index is 2.17. The van der Waals surface area contributed by atoms with Gasteiger partial charge < -0.3 is 9.64 Å². The Kier molecular flexibility index (Phi) is 5.81. The molecule has 27 heavy (non-hydrogen) atoms. The number of ether oxygens (including phenoxy) is 1. The van der Waals surface area contributed by atoms with Crippen molar-refractivity contribution < 1.29 is 9.53 Å². The minimum atomic E-state index is -0.253. The predicted molar refractivity (Wildman–Crippen MR) is 107 cm³/mol. The second-order valence-corrected chi connectivity index (χ2v) is 7.05. The number of benzene rings is 1. The molecule has 0 N–H and O–H groups in total. The van der Waals surface area contributed by atoms with E-state index in [1.807, 2.05) is 30.0 Å². The monoisotopic (exact) mass is 362 g/mol. The first-order valence-electron chi connectivity index (χ1n) is 9.47. The highest BCUT2D eigenvalue weighted by Crippen LogP contribution is 2.40. The number of hydrogen-bond donors (Lipinski definition) is 0. The molecular formula is C23H26N2O2. The van der Waals surface area contributed by atoms with Crippen LogP contribution < -0.4 is 4.74 Å². The van der Waals surface area contributed by atoms with Gasteiger partial charge in [-0.25, -0.2) is 0 Å². The number of pyridine rings is 1. The summed E-state index contributed by atoms with van der Waals surface area (Å²) in [6, 6.07) is 9.99. The topological polar surface area (TPSA) is 42.4 Å². The number of aryl methyl sites for hydroxylation is 1. The Morgan fingerprint density at radius 2 is 2.19 bits per heavy atom. The number of terminal acetylenes is 1. The molecule has 2 aromatic rings. The van der Waals surface area contributed by atoms with E-state index in [4.69, 9.17) is 11.2 Å². The number of amides is 1. The first kappa shape index (κ1) is 19.0. The van der Waals surface area contributed by atoms with Gasteiger partial charge in [0, 0.05) is 17.9 Å². The zero-order chi connectivity index (χ0) is 19.4. The van der Waals surface area contributed by atoms with Crippen LogP contribution in [0.25, 0.3) is 0 Å². The van der Waals surface area contributed by atoms with Crippen LogP contribution in [-0.4, -0.2) is 28.9 Å². The van der Waals surface area contributed by atoms with E-state index in [0.29, 0.717) is 0 Å². The van der Waals surface area contributed by atoms with Crippen LogP contribution in [0, 0.1) is 19.3 Å². The minimum absolute atomic E-state index is 0.0755. The largest absolute Gasteiger partial charge is 0.497 e. The van der Waals surface area contributed by atoms with Crippen molar-refractivity contribution in [2.75, 3.05) is 7.11 Å². The lowest BCUT2D eigenvalue weighted by Gasteiger charge is -2.43. The fourth-order valence-electron chi connectivity index (χ4n) is 3.98. The van der Waals surface area contributed by atoms with E-state index < -0.39 is 0 Å². The van der Waals surface area contributed by atoms with Crippen molar-refractivity contribution in [3.05, 3.63) is 58.9 Å². The van der Waals surface area contributed by atoms with Gasteiger partial charge in [0.05, 0.1) is 13.2 Å². The van der Waals surface area contributed by atoms with E-state index in [1.54, 1.807) is 13.3 Å². The Labute approximate surface area is 161 Å². The number of unbranched alkanes of at least 4 members (excludes halogenated alkanes) is 1. The highest BCUT2D eigenvalue weighted by molar-refractivity contribution is 5.94. The summed E-state index contributed by atoms with van der Waals surface area (Å²) in [5, 5.41) is 0. The van der Waals surface area contributed by atoms with Gasteiger partial charge in [0.1, 0.15) is 5.75 Å². The van der Waals surface area contributed by atoms with Gasteiger partial charge in [-0.2, -0.15) is 0 Å². The summed E-state index contributed by atoms with van der Waals surface area (Å²) in [4.78, 5) is 19.0. The number of aromatic nitrogens is 1. The van der Waals surface area contributed by atoms with Gasteiger partial charge in [-0.1, -0.05) is 25.8 Å². The Morgan fingerprint density at radius 3 is 2.85 bits per heavy atom. The summed E-state index contributed by atoms with van der Waals surface area (Å²) < 4.78 is 5.43. The van der Waals surface area contributed by atoms with Gasteiger partial charge >= 0.3 is 0 Å². The van der Waals surface area contributed by atoms with Crippen LogP contribution in [0.15, 0.2) is 36.5 Å². The number of carbonyl (C=O) groups is 1. The van der Waals surface area contributed by atoms with Crippen LogP contribution >= 0.6 is 0 Å². The fraction of sp³-hybridized carbons (Fsp3) is 0.391. The third-order valence-electron chi connectivity index (χ3n) is 5.26. The molecule has 1 aromatic heterocycles. The number of nitrogens with zero attached hydrogens (tertiary/aromatic N) is 2. The second kappa shape index (κ2) is 8.26. The lowest BCUT2D eigenvalue weighted by Crippen LogP contribution is -2.47. The van der Waals surface area contributed by atoms with E-state index in [2.05, 4.69) is 30.0 Å². The van der Waals surface area contributed by atoms with Crippen LogP contribution in [0.5, 0.6) is 5.75 Å². The smallest absolute Gasteiger partial charge is 0.299 e. The average Bonchev–Trinajstić information content (AvgIpc) is 2.69. The number of methoxy groups -OCH3 is 1. The van der Waals surface area contributed by atoms with E-state index in [0.717, 1.165) is 48.3 Å². The maximum atomic E-state index is 12.8. The third kappa shape index (κ3) is 3.83. The summed E-state index contributed by atoms with van der Waals surface area (Å²) in [7, 11) is 1.68. The summed E-state index contributed by atoms with van der Waals surface area (Å²) in [6.07, 6.45) is 11.2. The van der Waals surface area contributed by atoms with Gasteiger partial charge in [0.15, 0.2) is 0 Å². The van der Waals surface area contributed by atoms with E-state index in [1.165, 1.54) is 5.56 Å². The first-order valence-corrected chi connectivity index (χ1v) is 9.47. The molecule has 0 radical (unpaired) electrons. The maximum Gasteiger partial charge on any atom is 0.299 e. The normalized spacial score (nSPS) is 18.5. The van der Waals surface area contributed by atoms with Gasteiger partial charge in [-0.3, -0.25) is 9.78 Å². The minimum Gasteiger partial charge on any atom is -0.497 e. The zero-order valence-electron chi connectivity index (χ0n) is 16.2. The van der Waals surface area contributed by atoms with Crippen molar-refractivity contribution in [1.82, 2.24) is 9.88 Å². The molecule has 140 valence electrons. The van der Waals surface area contributed by atoms with Crippen molar-refractivity contribution >= 4 is 5.91 Å². The van der Waals surface area contributed by atoms with E-state index in [9.17, 15) is 4.79 Å². The highest BCUT2D eigenvalue weighted by atomic mass is 16.5. The van der Waals surface area contributed by atoms with Gasteiger partial charge in [-0.15, -0.1) is 6.42 Å². The molecule has 4 heteroatoms. The van der Waals surface area contributed by atoms with Crippen molar-refractivity contribution in [2.45, 2.75) is 51.6 Å². The molecule has 0 saturated heterocycles. The molecule has 1 aliphatic rings. The molecule has 0 aliphatic carbocycles. The molecule has 2 atom stereocenters. The summed E-state index contributed by atoms with van der Waals surface area (Å²) in [5.74, 6) is 2.94. The molecule has 0 fully saturated rings. The van der Waals surface area contributed by atoms with Crippen LogP contribution in [0.3, 0.4) is 0 Å². The maximum absolute atomic E-state index is 12.8. The van der Waals surface area contributed by atoms with E-state index >= 15 is 0 Å². The zero-order valence-corrected chi connectivity index (χ0v) is 16.2. The van der Waals surface area contributed by atoms with Gasteiger partial charge in [0.2, 0.25) is 0 Å². The first-order chi connectivity index (χ1) is 13.1. The standard InChI is InChI=1S/C23H26N2O2/c1-5-7-8-19-14-18-15-20(27-4)9-10-21(18)23(25(19)22(26)6-2)17-11-12-24-16(3)13-17/h2,9-13,15,19,23H,5,7-8,14H2,1,3-4H3/t19-,23?/m0/s1. The number of carbonyl (C=O) groups excluding carboxylic acids is 1. The number of hydrogen-bond acceptors (Lipinski definition) is 3. The molecule has 1 unspecified atom stereocenters. The SMILES string of the molecule is C#CC(=O)N1C(c2ccnc(C)c2)c2ccc(OC)cc2C[C@@H]1CCCC. The molecule has 3 rings (SSSR count). The van der Waals surface area contributed by atoms with Gasteiger partial charge in [0.25, 0.3) is 5.91 Å². The fourth-order valence-corrected chi connectivity index (χ4v) is 3.98. The quantitative estimate of drug-likeness (QED) is 0.753. The van der Waals surface area contributed by atoms with Crippen molar-refractivity contribution in [1.29, 1.82) is 0 Å². The summed E-state index contributed by atoms with van der Waals surface area (Å²) >= 11 is 0. The molecule has 0 spiro atoms. The predicted octanol–water partition coefficient (Wildman–Crippen LogP) is 4.06. The van der Waals surface area contributed by atoms with Crippen LogP contribution in [0.4, 0.5) is 0 Å². The Morgan fingerprint density at radius 1 is 1.37 bits per heavy atom. The van der Waals surface area contributed by atoms with Crippen molar-refractivity contribution in [3.63, 3.8) is 0 Å². The average molecular weight is 362 g/mol. The summed E-state index contributed by atoms with van der Waals surface area (Å²) in [6.45, 7) is 4.13. The molecule has 1 aromatic carbocycles. The molecule has 4 nitrogen and oxygen atoms in total. The Bertz CT molecular complexity index is 869. The van der Waals surface area contributed by atoms with Gasteiger partial charge in [-0.05, 0) is 66.6 Å². The molecule has 0 saturated carbocycles. The van der Waals surface area contributed by atoms with Crippen molar-refractivity contribution in [3.8, 4) is 18.1 Å². The lowest BCUT2D eigenvalue weighted by molar-refractivity contribution is -0.130. The highest BCUT2D eigenvalue weighted by Gasteiger charge is 2.37. The third-order valence-corrected chi connectivity index (χ3v) is 5.26. The molecule has 0 bridgehead atoms. The Hall–Kier alpha value is -2.80. The van der Waals surface area contributed by atoms with E-state index in [-0.39, 0.29) is 18.0 Å². The molecular weight excluding hydrogens is 336 g/mol. The molecule has 1 amide bonds. The summed E-state index contributed by atoms with van der Waals surface area (Å²) in [5.41, 5.74) is 4.29. The van der Waals surface area contributed by atoms with Crippen LogP contribution in [-0.2, 0) is 11.2 Å². The second-order valence-electron chi connectivity index (χ2n) is 7.05. The lowest BCUT2D eigenvalue weighted by atomic mass is 9.83. The van der Waals surface area contributed by atoms with Crippen molar-refractivity contribution in [2.24, 2.45) is 0 Å². The number of rotatable bonds is 5. The number of fused-ring (bicyclic) bond motifs is 1. The van der Waals surface area contributed by atoms with Crippen LogP contribution in [0.1, 0.15) is 54.6 Å². The molecule has 1 aliphatic heterocycles. The molecule has 2 heterocycles.